The van der Waals surface area contributed by atoms with E-state index < -0.39 is 10.8 Å². The van der Waals surface area contributed by atoms with Gasteiger partial charge in [-0.25, -0.2) is 9.97 Å². The number of benzene rings is 15. The first-order valence-electron chi connectivity index (χ1n) is 36.3. The van der Waals surface area contributed by atoms with Gasteiger partial charge in [0.15, 0.2) is 0 Å². The van der Waals surface area contributed by atoms with E-state index >= 15 is 0 Å². The van der Waals surface area contributed by atoms with E-state index in [9.17, 15) is 0 Å². The van der Waals surface area contributed by atoms with E-state index in [4.69, 9.17) is 18.8 Å². The van der Waals surface area contributed by atoms with Gasteiger partial charge in [0.05, 0.1) is 33.3 Å². The summed E-state index contributed by atoms with van der Waals surface area (Å²) in [6, 6.07) is 137. The number of nitrogens with zero attached hydrogens (tertiary/aromatic N) is 8. The highest BCUT2D eigenvalue weighted by Gasteiger charge is 2.49. The molecule has 0 bridgehead atoms. The Kier molecular flexibility index (Phi) is 15.4. The summed E-state index contributed by atoms with van der Waals surface area (Å²) in [6.45, 7) is 0. The minimum atomic E-state index is -0.747. The second-order valence-corrected chi connectivity index (χ2v) is 27.3. The molecule has 0 spiro atoms. The van der Waals surface area contributed by atoms with Crippen LogP contribution in [0.4, 0.5) is 34.1 Å². The molecule has 3 aromatic heterocycles. The Bertz CT molecular complexity index is 5870. The quantitative estimate of drug-likeness (QED) is 0.0927. The Balaban J connectivity index is 0.680. The number of rotatable bonds is 16. The van der Waals surface area contributed by atoms with Gasteiger partial charge in [-0.3, -0.25) is 0 Å². The molecule has 18 aromatic rings. The van der Waals surface area contributed by atoms with Crippen molar-refractivity contribution in [1.29, 1.82) is 0 Å². The van der Waals surface area contributed by atoms with Crippen LogP contribution < -0.4 is 9.80 Å². The Morgan fingerprint density at radius 3 is 0.787 bits per heavy atom. The molecule has 2 aliphatic rings. The third-order valence-corrected chi connectivity index (χ3v) is 21.4. The number of hydrogen-bond donors (Lipinski definition) is 0. The molecule has 0 fully saturated rings. The van der Waals surface area contributed by atoms with Crippen molar-refractivity contribution in [3.8, 4) is 90.6 Å². The SMILES string of the molecule is c1ccc(-c2nnc(-c3ccc4c(c3)C(c3ccccc3)(c3ccccc3)c3cc(N(c5ccccc5)c5ccc(-c6nc7ccccc7nc6-c6ccc(N(c7ccccc7)c7ccc8c(c7)C(c7ccccc7)(c7ccccc7)c7cc(-c9nnc(-c%10ccccc%10)o9)ccc7-8)cc6)cc5)ccc3-4)o2)cc1. The van der Waals surface area contributed by atoms with Crippen LogP contribution in [0.3, 0.4) is 0 Å². The molecule has 0 amide bonds. The average molecular weight is 1390 g/mol. The molecular formula is C98H64N8O2. The van der Waals surface area contributed by atoms with Crippen LogP contribution in [-0.2, 0) is 10.8 Å². The molecule has 0 unspecified atom stereocenters. The summed E-state index contributed by atoms with van der Waals surface area (Å²) in [5, 5.41) is 18.3. The molecule has 10 heteroatoms. The molecule has 10 nitrogen and oxygen atoms in total. The van der Waals surface area contributed by atoms with Gasteiger partial charge in [-0.1, -0.05) is 255 Å². The Hall–Kier alpha value is -14.5. The van der Waals surface area contributed by atoms with Crippen molar-refractivity contribution >= 4 is 45.2 Å². The Morgan fingerprint density at radius 1 is 0.204 bits per heavy atom. The summed E-state index contributed by atoms with van der Waals surface area (Å²) in [7, 11) is 0. The zero-order chi connectivity index (χ0) is 71.5. The Morgan fingerprint density at radius 2 is 0.454 bits per heavy atom. The highest BCUT2D eigenvalue weighted by atomic mass is 16.4. The van der Waals surface area contributed by atoms with Crippen LogP contribution in [0.2, 0.25) is 0 Å². The molecular weight excluding hydrogens is 1320 g/mol. The maximum absolute atomic E-state index is 6.46. The lowest BCUT2D eigenvalue weighted by molar-refractivity contribution is 0.584. The number of hydrogen-bond acceptors (Lipinski definition) is 10. The minimum absolute atomic E-state index is 0.457. The molecule has 0 N–H and O–H groups in total. The van der Waals surface area contributed by atoms with Crippen LogP contribution in [-0.4, -0.2) is 30.4 Å². The van der Waals surface area contributed by atoms with Crippen LogP contribution in [0.15, 0.2) is 397 Å². The molecule has 2 aliphatic carbocycles. The first-order chi connectivity index (χ1) is 53.5. The maximum Gasteiger partial charge on any atom is 0.248 e. The summed E-state index contributed by atoms with van der Waals surface area (Å²) < 4.78 is 12.9. The van der Waals surface area contributed by atoms with Crippen molar-refractivity contribution in [2.24, 2.45) is 0 Å². The van der Waals surface area contributed by atoms with Gasteiger partial charge >= 0.3 is 0 Å². The lowest BCUT2D eigenvalue weighted by Crippen LogP contribution is -2.28. The molecule has 3 heterocycles. The smallest absolute Gasteiger partial charge is 0.248 e. The molecule has 0 saturated heterocycles. The Labute approximate surface area is 624 Å². The number of anilines is 6. The van der Waals surface area contributed by atoms with Crippen molar-refractivity contribution in [3.05, 3.63) is 433 Å². The van der Waals surface area contributed by atoms with E-state index in [-0.39, 0.29) is 0 Å². The normalized spacial score (nSPS) is 12.8. The highest BCUT2D eigenvalue weighted by Crippen LogP contribution is 2.60. The van der Waals surface area contributed by atoms with Gasteiger partial charge in [0.25, 0.3) is 0 Å². The predicted octanol–water partition coefficient (Wildman–Crippen LogP) is 24.1. The fourth-order valence-electron chi connectivity index (χ4n) is 16.6. The van der Waals surface area contributed by atoms with Gasteiger partial charge in [-0.2, -0.15) is 0 Å². The van der Waals surface area contributed by atoms with Crippen LogP contribution in [0.1, 0.15) is 44.5 Å². The molecule has 508 valence electrons. The van der Waals surface area contributed by atoms with Gasteiger partial charge in [0.2, 0.25) is 23.6 Å². The lowest BCUT2D eigenvalue weighted by Gasteiger charge is -2.35. The fraction of sp³-hybridized carbons (Fsp3) is 0.0204. The van der Waals surface area contributed by atoms with E-state index in [1.165, 1.54) is 0 Å². The zero-order valence-electron chi connectivity index (χ0n) is 58.3. The van der Waals surface area contributed by atoms with Crippen molar-refractivity contribution in [1.82, 2.24) is 30.4 Å². The highest BCUT2D eigenvalue weighted by molar-refractivity contribution is 5.94. The standard InChI is InChI=1S/C98H64N8O2/c1-9-27-67(28-10-1)93-101-103-95(107-93)69-49-57-81-83-59-55-79(63-87(83)97(85(81)61-69,71-31-13-3-14-32-71)72-33-15-4-16-34-72)105(75-39-21-7-22-40-75)77-51-45-65(46-52-77)91-92(100-90-44-26-25-43-89(90)99-91)66-47-53-78(54-48-66)106(76-41-23-8-24-42-76)80-56-60-84-82-58-50-70(96-104-102-94(108-96)68-29-11-2-12-30-68)62-86(82)98(88(84)64-80,73-35-17-5-18-36-73)74-37-19-6-20-38-74/h1-64H. The number of para-hydroxylation sites is 4. The maximum atomic E-state index is 6.46. The fourth-order valence-corrected chi connectivity index (χ4v) is 16.6. The third-order valence-electron chi connectivity index (χ3n) is 21.4. The summed E-state index contributed by atoms with van der Waals surface area (Å²) in [6.07, 6.45) is 0. The predicted molar refractivity (Wildman–Crippen MR) is 432 cm³/mol. The first-order valence-corrected chi connectivity index (χ1v) is 36.3. The summed E-state index contributed by atoms with van der Waals surface area (Å²) >= 11 is 0. The second kappa shape index (κ2) is 26.3. The molecule has 0 radical (unpaired) electrons. The molecule has 0 atom stereocenters. The van der Waals surface area contributed by atoms with Gasteiger partial charge in [0.1, 0.15) is 0 Å². The number of fused-ring (bicyclic) bond motifs is 7. The van der Waals surface area contributed by atoms with Gasteiger partial charge in [-0.05, 0) is 200 Å². The topological polar surface area (TPSA) is 110 Å². The van der Waals surface area contributed by atoms with Gasteiger partial charge in [0, 0.05) is 67.5 Å². The van der Waals surface area contributed by atoms with Crippen LogP contribution in [0.5, 0.6) is 0 Å². The first kappa shape index (κ1) is 63.2. The summed E-state index contributed by atoms with van der Waals surface area (Å²) in [4.78, 5) is 15.7. The van der Waals surface area contributed by atoms with E-state index in [1.54, 1.807) is 0 Å². The molecule has 20 rings (SSSR count). The third kappa shape index (κ3) is 10.6. The van der Waals surface area contributed by atoms with Crippen LogP contribution in [0.25, 0.3) is 102 Å². The average Bonchev–Trinajstić information content (AvgIpc) is 1.53. The molecule has 15 aromatic carbocycles. The lowest BCUT2D eigenvalue weighted by atomic mass is 9.67. The zero-order valence-corrected chi connectivity index (χ0v) is 58.3. The summed E-state index contributed by atoms with van der Waals surface area (Å²) in [5.74, 6) is 1.86. The van der Waals surface area contributed by atoms with Crippen molar-refractivity contribution in [3.63, 3.8) is 0 Å². The van der Waals surface area contributed by atoms with Gasteiger partial charge in [-0.15, -0.1) is 20.4 Å². The van der Waals surface area contributed by atoms with Crippen LogP contribution >= 0.6 is 0 Å². The van der Waals surface area contributed by atoms with Gasteiger partial charge < -0.3 is 18.6 Å². The second-order valence-electron chi connectivity index (χ2n) is 27.3. The van der Waals surface area contributed by atoms with E-state index in [2.05, 4.69) is 334 Å². The van der Waals surface area contributed by atoms with Crippen LogP contribution in [0, 0.1) is 0 Å². The number of aromatic nitrogens is 6. The molecule has 0 saturated carbocycles. The minimum Gasteiger partial charge on any atom is -0.416 e. The molecule has 108 heavy (non-hydrogen) atoms. The monoisotopic (exact) mass is 1380 g/mol. The largest absolute Gasteiger partial charge is 0.416 e. The van der Waals surface area contributed by atoms with Crippen molar-refractivity contribution in [2.75, 3.05) is 9.80 Å². The van der Waals surface area contributed by atoms with Crippen molar-refractivity contribution in [2.45, 2.75) is 10.8 Å². The molecule has 0 aliphatic heterocycles. The van der Waals surface area contributed by atoms with E-state index in [1.807, 2.05) is 84.9 Å². The van der Waals surface area contributed by atoms with Crippen molar-refractivity contribution < 1.29 is 8.83 Å². The summed E-state index contributed by atoms with van der Waals surface area (Å²) in [5.41, 5.74) is 26.7. The van der Waals surface area contributed by atoms with E-state index in [0.717, 1.165) is 157 Å². The van der Waals surface area contributed by atoms with E-state index in [0.29, 0.717) is 23.6 Å².